The number of rotatable bonds is 8. The minimum atomic E-state index is -1.48. The van der Waals surface area contributed by atoms with E-state index in [2.05, 4.69) is 20.2 Å². The van der Waals surface area contributed by atoms with Gasteiger partial charge in [0.1, 0.15) is 19.3 Å². The number of carbonyl (C=O) groups excluding carboxylic acids is 2. The van der Waals surface area contributed by atoms with Crippen LogP contribution in [0.1, 0.15) is 49.9 Å². The van der Waals surface area contributed by atoms with Gasteiger partial charge in [0.25, 0.3) is 5.91 Å². The third-order valence-corrected chi connectivity index (χ3v) is 7.61. The lowest BCUT2D eigenvalue weighted by Crippen LogP contribution is -2.49. The van der Waals surface area contributed by atoms with Crippen LogP contribution in [0.3, 0.4) is 0 Å². The van der Waals surface area contributed by atoms with Crippen molar-refractivity contribution in [3.05, 3.63) is 119 Å². The van der Waals surface area contributed by atoms with Crippen molar-refractivity contribution in [2.24, 2.45) is 10.4 Å². The highest BCUT2D eigenvalue weighted by Gasteiger charge is 2.53. The molecular formula is C33H32ClN7O4. The summed E-state index contributed by atoms with van der Waals surface area (Å²) in [5, 5.41) is 18.0. The fourth-order valence-electron chi connectivity index (χ4n) is 5.37. The van der Waals surface area contributed by atoms with Gasteiger partial charge in [0.2, 0.25) is 5.96 Å². The van der Waals surface area contributed by atoms with Crippen LogP contribution in [-0.2, 0) is 21.7 Å². The van der Waals surface area contributed by atoms with Gasteiger partial charge in [0.15, 0.2) is 11.2 Å². The average molecular weight is 626 g/mol. The molecule has 1 aromatic heterocycles. The van der Waals surface area contributed by atoms with Gasteiger partial charge in [-0.2, -0.15) is 5.10 Å². The summed E-state index contributed by atoms with van der Waals surface area (Å²) in [6, 6.07) is 19.9. The minimum Gasteiger partial charge on any atom is -0.444 e. The third kappa shape index (κ3) is 6.72. The Hall–Kier alpha value is -5.05. The van der Waals surface area contributed by atoms with Crippen LogP contribution < -0.4 is 5.32 Å². The Morgan fingerprint density at radius 1 is 1.13 bits per heavy atom. The topological polar surface area (TPSA) is 126 Å². The van der Waals surface area contributed by atoms with Crippen molar-refractivity contribution in [2.75, 3.05) is 6.61 Å². The van der Waals surface area contributed by atoms with Crippen molar-refractivity contribution in [1.29, 1.82) is 0 Å². The number of carbonyl (C=O) groups is 2. The number of ether oxygens (including phenoxy) is 1. The number of alkyl carbamates (subject to hydrolysis) is 1. The second kappa shape index (κ2) is 12.9. The Morgan fingerprint density at radius 3 is 2.49 bits per heavy atom. The summed E-state index contributed by atoms with van der Waals surface area (Å²) in [5.41, 5.74) is 0.867. The molecule has 1 aliphatic heterocycles. The predicted molar refractivity (Wildman–Crippen MR) is 169 cm³/mol. The number of hydrogen-bond acceptors (Lipinski definition) is 7. The van der Waals surface area contributed by atoms with Crippen LogP contribution in [0.25, 0.3) is 10.5 Å². The van der Waals surface area contributed by atoms with Gasteiger partial charge in [0, 0.05) is 0 Å². The maximum Gasteiger partial charge on any atom is 0.414 e. The molecule has 5 rings (SSSR count). The molecule has 2 N–H and O–H groups in total. The molecule has 230 valence electrons. The van der Waals surface area contributed by atoms with Crippen molar-refractivity contribution in [3.8, 4) is 5.69 Å². The van der Waals surface area contributed by atoms with Gasteiger partial charge in [-0.15, -0.1) is 0 Å². The Morgan fingerprint density at radius 2 is 1.87 bits per heavy atom. The van der Waals surface area contributed by atoms with Gasteiger partial charge in [-0.25, -0.2) is 24.3 Å². The highest BCUT2D eigenvalue weighted by Crippen LogP contribution is 2.45. The predicted octanol–water partition coefficient (Wildman–Crippen LogP) is 5.96. The molecule has 0 aliphatic carbocycles. The molecule has 0 bridgehead atoms. The average Bonchev–Trinajstić information content (AvgIpc) is 3.65. The molecule has 2 heterocycles. The molecule has 0 spiro atoms. The van der Waals surface area contributed by atoms with Crippen LogP contribution in [0.4, 0.5) is 10.5 Å². The molecule has 3 aromatic carbocycles. The Balaban J connectivity index is 1.59. The molecule has 4 aromatic rings. The molecule has 12 heteroatoms. The van der Waals surface area contributed by atoms with Gasteiger partial charge in [-0.05, 0) is 40.7 Å². The van der Waals surface area contributed by atoms with Gasteiger partial charge in [0.05, 0.1) is 29.9 Å². The highest BCUT2D eigenvalue weighted by molar-refractivity contribution is 6.32. The summed E-state index contributed by atoms with van der Waals surface area (Å²) in [6.07, 6.45) is 2.30. The largest absolute Gasteiger partial charge is 0.444 e. The number of aliphatic hydroxyl groups excluding tert-OH is 1. The van der Waals surface area contributed by atoms with Crippen LogP contribution in [0.5, 0.6) is 0 Å². The maximum atomic E-state index is 14.8. The molecule has 11 nitrogen and oxygen atoms in total. The zero-order chi connectivity index (χ0) is 32.2. The monoisotopic (exact) mass is 625 g/mol. The van der Waals surface area contributed by atoms with Gasteiger partial charge >= 0.3 is 6.09 Å². The lowest BCUT2D eigenvalue weighted by atomic mass is 9.75. The summed E-state index contributed by atoms with van der Waals surface area (Å²) in [4.78, 5) is 41.6. The van der Waals surface area contributed by atoms with Gasteiger partial charge < -0.3 is 9.84 Å². The van der Waals surface area contributed by atoms with E-state index < -0.39 is 35.6 Å². The number of nitrogens with one attached hydrogen (secondary N) is 1. The molecule has 0 saturated heterocycles. The fourth-order valence-corrected chi connectivity index (χ4v) is 5.58. The lowest BCUT2D eigenvalue weighted by molar-refractivity contribution is -0.135. The number of guanidine groups is 1. The number of halogens is 1. The van der Waals surface area contributed by atoms with Gasteiger partial charge in [-0.1, -0.05) is 93.0 Å². The van der Waals surface area contributed by atoms with E-state index in [1.807, 2.05) is 51.1 Å². The molecule has 0 saturated carbocycles. The number of nitrogens with zero attached hydrogens (tertiary/aromatic N) is 6. The molecular weight excluding hydrogens is 594 g/mol. The quantitative estimate of drug-likeness (QED) is 0.233. The van der Waals surface area contributed by atoms with Gasteiger partial charge in [-0.3, -0.25) is 15.0 Å². The van der Waals surface area contributed by atoms with Crippen molar-refractivity contribution < 1.29 is 19.4 Å². The molecule has 2 atom stereocenters. The van der Waals surface area contributed by atoms with Crippen LogP contribution in [0, 0.1) is 12.0 Å². The van der Waals surface area contributed by atoms with E-state index in [0.717, 1.165) is 5.56 Å². The molecule has 0 radical (unpaired) electrons. The van der Waals surface area contributed by atoms with Crippen molar-refractivity contribution >= 4 is 35.2 Å². The summed E-state index contributed by atoms with van der Waals surface area (Å²) >= 11 is 6.48. The lowest BCUT2D eigenvalue weighted by Gasteiger charge is -2.34. The van der Waals surface area contributed by atoms with E-state index in [0.29, 0.717) is 27.5 Å². The smallest absolute Gasteiger partial charge is 0.414 e. The van der Waals surface area contributed by atoms with E-state index in [1.165, 1.54) is 22.2 Å². The SMILES string of the molecule is [C-]#[N+]c1ccc([C@@]2(CC(C)(C)C)N=C(NC(=O)OCc3ccccc3)N([C@H](CO)c3ccc(Cl)c(-n4cncn4)c3)C2=O)cc1. The Bertz CT molecular complexity index is 1750. The van der Waals surface area contributed by atoms with E-state index >= 15 is 0 Å². The molecule has 1 aliphatic rings. The van der Waals surface area contributed by atoms with E-state index in [1.54, 1.807) is 42.5 Å². The molecule has 0 fully saturated rings. The fraction of sp³-hybridized carbons (Fsp3) is 0.273. The summed E-state index contributed by atoms with van der Waals surface area (Å²) in [5.74, 6) is -0.532. The zero-order valence-electron chi connectivity index (χ0n) is 25.0. The van der Waals surface area contributed by atoms with E-state index in [-0.39, 0.29) is 19.0 Å². The molecule has 0 unspecified atom stereocenters. The number of benzene rings is 3. The Kier molecular flexibility index (Phi) is 8.99. The number of hydrogen-bond donors (Lipinski definition) is 2. The Labute approximate surface area is 266 Å². The molecule has 2 amide bonds. The third-order valence-electron chi connectivity index (χ3n) is 7.29. The van der Waals surface area contributed by atoms with Crippen LogP contribution in [0.15, 0.2) is 90.4 Å². The van der Waals surface area contributed by atoms with Crippen LogP contribution >= 0.6 is 11.6 Å². The maximum absolute atomic E-state index is 14.8. The first-order valence-electron chi connectivity index (χ1n) is 14.2. The second-order valence-corrected chi connectivity index (χ2v) is 12.2. The van der Waals surface area contributed by atoms with Crippen molar-refractivity contribution in [3.63, 3.8) is 0 Å². The van der Waals surface area contributed by atoms with E-state index in [9.17, 15) is 14.7 Å². The second-order valence-electron chi connectivity index (χ2n) is 11.8. The normalized spacial score (nSPS) is 17.0. The number of aliphatic hydroxyl groups is 1. The first-order valence-corrected chi connectivity index (χ1v) is 14.6. The van der Waals surface area contributed by atoms with Crippen molar-refractivity contribution in [2.45, 2.75) is 45.4 Å². The standard InChI is InChI=1S/C33H32ClN7O4/c1-32(2,3)19-33(24-11-13-25(35-4)14-12-24)29(43)41(30(39-33)38-31(44)45-18-22-8-6-5-7-9-22)28(17-42)23-10-15-26(34)27(16-23)40-21-36-20-37-40/h5-16,20-21,28,42H,17-19H2,1-3H3,(H,38,39,44)/t28-,33-/m1/s1. The first-order chi connectivity index (χ1) is 21.5. The summed E-state index contributed by atoms with van der Waals surface area (Å²) in [6.45, 7) is 12.8. The highest BCUT2D eigenvalue weighted by atomic mass is 35.5. The minimum absolute atomic E-state index is 0.000991. The van der Waals surface area contributed by atoms with Crippen LogP contribution in [-0.4, -0.2) is 49.3 Å². The molecule has 45 heavy (non-hydrogen) atoms. The van der Waals surface area contributed by atoms with Crippen molar-refractivity contribution in [1.82, 2.24) is 25.0 Å². The number of aliphatic imine (C=N–C) groups is 1. The first kappa shape index (κ1) is 31.4. The van der Waals surface area contributed by atoms with E-state index in [4.69, 9.17) is 27.9 Å². The number of aromatic nitrogens is 3. The number of amides is 2. The summed E-state index contributed by atoms with van der Waals surface area (Å²) < 4.78 is 6.96. The zero-order valence-corrected chi connectivity index (χ0v) is 25.8. The van der Waals surface area contributed by atoms with Crippen LogP contribution in [0.2, 0.25) is 5.02 Å². The summed E-state index contributed by atoms with van der Waals surface area (Å²) in [7, 11) is 0.